The molecule has 0 spiro atoms. The third-order valence-corrected chi connectivity index (χ3v) is 6.09. The van der Waals surface area contributed by atoms with Crippen LogP contribution in [-0.4, -0.2) is 36.2 Å². The summed E-state index contributed by atoms with van der Waals surface area (Å²) in [5.41, 5.74) is 7.66. The van der Waals surface area contributed by atoms with Crippen LogP contribution in [0, 0.1) is 20.8 Å². The van der Waals surface area contributed by atoms with E-state index in [0.29, 0.717) is 12.0 Å². The van der Waals surface area contributed by atoms with Crippen molar-refractivity contribution in [1.82, 2.24) is 4.90 Å². The fourth-order valence-corrected chi connectivity index (χ4v) is 4.82. The van der Waals surface area contributed by atoms with E-state index in [1.165, 1.54) is 27.9 Å². The van der Waals surface area contributed by atoms with Crippen LogP contribution < -0.4 is 10.2 Å². The van der Waals surface area contributed by atoms with E-state index in [0.717, 1.165) is 30.3 Å². The van der Waals surface area contributed by atoms with Crippen molar-refractivity contribution < 1.29 is 0 Å². The fraction of sp³-hybridized carbons (Fsp3) is 0.409. The van der Waals surface area contributed by atoms with E-state index < -0.39 is 0 Å². The molecule has 2 aliphatic heterocycles. The van der Waals surface area contributed by atoms with Gasteiger partial charge in [0.25, 0.3) is 0 Å². The molecular weight excluding hydrogens is 338 g/mol. The second-order valence-electron chi connectivity index (χ2n) is 7.91. The van der Waals surface area contributed by atoms with E-state index in [9.17, 15) is 0 Å². The molecule has 0 radical (unpaired) electrons. The molecule has 0 bridgehead atoms. The van der Waals surface area contributed by atoms with Gasteiger partial charge in [-0.1, -0.05) is 35.4 Å². The first kappa shape index (κ1) is 17.5. The number of benzene rings is 2. The number of hydrogen-bond acceptors (Lipinski definition) is 2. The Balaban J connectivity index is 1.68. The first-order valence-electron chi connectivity index (χ1n) is 9.40. The second-order valence-corrected chi connectivity index (χ2v) is 8.29. The highest BCUT2D eigenvalue weighted by atomic mass is 32.1. The van der Waals surface area contributed by atoms with Crippen LogP contribution in [-0.2, 0) is 0 Å². The summed E-state index contributed by atoms with van der Waals surface area (Å²) in [6, 6.07) is 13.7. The molecule has 2 atom stereocenters. The number of nitrogens with zero attached hydrogens (tertiary/aromatic N) is 2. The van der Waals surface area contributed by atoms with Crippen molar-refractivity contribution in [2.45, 2.75) is 39.2 Å². The molecule has 1 N–H and O–H groups in total. The minimum absolute atomic E-state index is 0.453. The van der Waals surface area contributed by atoms with Crippen molar-refractivity contribution in [3.8, 4) is 0 Å². The predicted octanol–water partition coefficient (Wildman–Crippen LogP) is 4.62. The molecule has 0 aromatic heterocycles. The van der Waals surface area contributed by atoms with Crippen LogP contribution in [0.1, 0.15) is 34.6 Å². The lowest BCUT2D eigenvalue weighted by Gasteiger charge is -2.37. The summed E-state index contributed by atoms with van der Waals surface area (Å²) in [6.45, 7) is 8.66. The van der Waals surface area contributed by atoms with Crippen LogP contribution in [0.15, 0.2) is 36.4 Å². The van der Waals surface area contributed by atoms with Crippen molar-refractivity contribution in [1.29, 1.82) is 0 Å². The maximum atomic E-state index is 5.90. The Morgan fingerprint density at radius 2 is 1.81 bits per heavy atom. The lowest BCUT2D eigenvalue weighted by molar-refractivity contribution is 0.237. The Kier molecular flexibility index (Phi) is 4.49. The van der Waals surface area contributed by atoms with Gasteiger partial charge in [0.05, 0.1) is 0 Å². The topological polar surface area (TPSA) is 18.5 Å². The zero-order valence-electron chi connectivity index (χ0n) is 16.0. The maximum absolute atomic E-state index is 5.90. The minimum atomic E-state index is 0.453. The largest absolute Gasteiger partial charge is 0.332 e. The summed E-state index contributed by atoms with van der Waals surface area (Å²) in [4.78, 5) is 4.82. The molecule has 2 heterocycles. The highest BCUT2D eigenvalue weighted by Crippen LogP contribution is 2.45. The Hall–Kier alpha value is -1.91. The summed E-state index contributed by atoms with van der Waals surface area (Å²) in [5.74, 6) is 0.530. The number of likely N-dealkylation sites (tertiary alicyclic amines) is 1. The van der Waals surface area contributed by atoms with Crippen LogP contribution in [0.4, 0.5) is 11.4 Å². The summed E-state index contributed by atoms with van der Waals surface area (Å²) < 4.78 is 0. The van der Waals surface area contributed by atoms with Crippen molar-refractivity contribution in [3.63, 3.8) is 0 Å². The minimum Gasteiger partial charge on any atom is -0.332 e. The maximum Gasteiger partial charge on any atom is 0.178 e. The zero-order valence-corrected chi connectivity index (χ0v) is 16.9. The summed E-state index contributed by atoms with van der Waals surface area (Å²) in [5, 5.41) is 4.34. The summed E-state index contributed by atoms with van der Waals surface area (Å²) in [7, 11) is 2.22. The van der Waals surface area contributed by atoms with Gasteiger partial charge in [-0.2, -0.15) is 0 Å². The molecule has 2 aliphatic rings. The predicted molar refractivity (Wildman–Crippen MR) is 114 cm³/mol. The first-order valence-corrected chi connectivity index (χ1v) is 9.81. The Bertz CT molecular complexity index is 860. The van der Waals surface area contributed by atoms with Crippen molar-refractivity contribution in [2.24, 2.45) is 0 Å². The van der Waals surface area contributed by atoms with E-state index in [2.05, 4.69) is 79.3 Å². The number of anilines is 2. The lowest BCUT2D eigenvalue weighted by Crippen LogP contribution is -2.48. The summed E-state index contributed by atoms with van der Waals surface area (Å²) >= 11 is 5.90. The molecule has 26 heavy (non-hydrogen) atoms. The molecule has 1 saturated heterocycles. The van der Waals surface area contributed by atoms with Gasteiger partial charge in [-0.25, -0.2) is 0 Å². The average Bonchev–Trinajstić information content (AvgIpc) is 2.90. The van der Waals surface area contributed by atoms with Gasteiger partial charge in [-0.3, -0.25) is 0 Å². The fourth-order valence-electron chi connectivity index (χ4n) is 4.48. The highest BCUT2D eigenvalue weighted by Gasteiger charge is 2.42. The van der Waals surface area contributed by atoms with Crippen molar-refractivity contribution >= 4 is 28.7 Å². The third-order valence-electron chi connectivity index (χ3n) is 5.80. The SMILES string of the molecule is Cc1ccc(NC(=S)N2c3ccc(C)cc3C3CN(C)CCC32)c(C)c1. The summed E-state index contributed by atoms with van der Waals surface area (Å²) in [6.07, 6.45) is 1.14. The molecule has 4 rings (SSSR count). The standard InChI is InChI=1S/C22H27N3S/c1-14-5-7-19(16(3)11-14)23-22(26)25-20-8-6-15(2)12-17(20)18-13-24(4)10-9-21(18)25/h5-8,11-12,18,21H,9-10,13H2,1-4H3,(H,23,26). The molecule has 2 aromatic carbocycles. The number of hydrogen-bond donors (Lipinski definition) is 1. The third kappa shape index (κ3) is 3.01. The number of nitrogens with one attached hydrogen (secondary N) is 1. The number of fused-ring (bicyclic) bond motifs is 3. The van der Waals surface area contributed by atoms with Gasteiger partial charge in [-0.05, 0) is 76.3 Å². The monoisotopic (exact) mass is 365 g/mol. The quantitative estimate of drug-likeness (QED) is 0.743. The van der Waals surface area contributed by atoms with Gasteiger partial charge in [0.1, 0.15) is 0 Å². The molecule has 1 fully saturated rings. The van der Waals surface area contributed by atoms with Crippen LogP contribution >= 0.6 is 12.2 Å². The molecule has 0 amide bonds. The van der Waals surface area contributed by atoms with E-state index in [1.54, 1.807) is 0 Å². The Morgan fingerprint density at radius 3 is 2.58 bits per heavy atom. The molecular formula is C22H27N3S. The zero-order chi connectivity index (χ0) is 18.4. The number of piperidine rings is 1. The average molecular weight is 366 g/mol. The van der Waals surface area contributed by atoms with Gasteiger partial charge in [-0.15, -0.1) is 0 Å². The second kappa shape index (κ2) is 6.67. The van der Waals surface area contributed by atoms with Gasteiger partial charge >= 0.3 is 0 Å². The van der Waals surface area contributed by atoms with Crippen LogP contribution in [0.2, 0.25) is 0 Å². The van der Waals surface area contributed by atoms with Gasteiger partial charge < -0.3 is 15.1 Å². The van der Waals surface area contributed by atoms with Crippen LogP contribution in [0.25, 0.3) is 0 Å². The highest BCUT2D eigenvalue weighted by molar-refractivity contribution is 7.80. The van der Waals surface area contributed by atoms with Crippen LogP contribution in [0.5, 0.6) is 0 Å². The molecule has 2 unspecified atom stereocenters. The first-order chi connectivity index (χ1) is 12.4. The van der Waals surface area contributed by atoms with Gasteiger partial charge in [0.15, 0.2) is 5.11 Å². The van der Waals surface area contributed by atoms with E-state index in [4.69, 9.17) is 12.2 Å². The Morgan fingerprint density at radius 1 is 1.08 bits per heavy atom. The van der Waals surface area contributed by atoms with Gasteiger partial charge in [0.2, 0.25) is 0 Å². The van der Waals surface area contributed by atoms with Crippen molar-refractivity contribution in [2.75, 3.05) is 30.4 Å². The van der Waals surface area contributed by atoms with E-state index in [-0.39, 0.29) is 0 Å². The molecule has 3 nitrogen and oxygen atoms in total. The molecule has 2 aromatic rings. The molecule has 4 heteroatoms. The number of likely N-dealkylation sites (N-methyl/N-ethyl adjacent to an activating group) is 1. The molecule has 136 valence electrons. The number of rotatable bonds is 1. The smallest absolute Gasteiger partial charge is 0.178 e. The molecule has 0 saturated carbocycles. The van der Waals surface area contributed by atoms with Crippen LogP contribution in [0.3, 0.4) is 0 Å². The van der Waals surface area contributed by atoms with Crippen molar-refractivity contribution in [3.05, 3.63) is 58.7 Å². The lowest BCUT2D eigenvalue weighted by atomic mass is 9.89. The normalized spacial score (nSPS) is 22.1. The Labute approximate surface area is 162 Å². The molecule has 0 aliphatic carbocycles. The van der Waals surface area contributed by atoms with Gasteiger partial charge in [0, 0.05) is 29.9 Å². The van der Waals surface area contributed by atoms with E-state index >= 15 is 0 Å². The number of aryl methyl sites for hydroxylation is 3. The number of thiocarbonyl (C=S) groups is 1. The van der Waals surface area contributed by atoms with E-state index in [1.807, 2.05) is 0 Å².